The van der Waals surface area contributed by atoms with Crippen LogP contribution < -0.4 is 0 Å². The molecule has 6 nitrogen and oxygen atoms in total. The summed E-state index contributed by atoms with van der Waals surface area (Å²) in [5, 5.41) is 0. The van der Waals surface area contributed by atoms with Crippen molar-refractivity contribution in [2.24, 2.45) is 0 Å². The zero-order chi connectivity index (χ0) is 40.1. The second kappa shape index (κ2) is 43.8. The van der Waals surface area contributed by atoms with Gasteiger partial charge in [0, 0.05) is 19.3 Å². The van der Waals surface area contributed by atoms with Crippen molar-refractivity contribution < 1.29 is 28.6 Å². The van der Waals surface area contributed by atoms with Crippen molar-refractivity contribution in [3.8, 4) is 0 Å². The van der Waals surface area contributed by atoms with E-state index in [0.29, 0.717) is 19.3 Å². The highest BCUT2D eigenvalue weighted by Crippen LogP contribution is 2.13. The summed E-state index contributed by atoms with van der Waals surface area (Å²) in [5.74, 6) is -0.940. The molecule has 0 rings (SSSR count). The SMILES string of the molecule is CC/C=C\C/C=C\C/C=C\CCCCCC(=O)OC(COC(=O)CCCCCCCC)COC(=O)CCCCCCCCC/C=C\C/C=C\CCCCCC. The molecule has 0 aromatic rings. The van der Waals surface area contributed by atoms with E-state index in [4.69, 9.17) is 14.2 Å². The molecule has 0 fully saturated rings. The minimum absolute atomic E-state index is 0.0894. The van der Waals surface area contributed by atoms with Gasteiger partial charge in [-0.05, 0) is 83.5 Å². The van der Waals surface area contributed by atoms with Crippen LogP contribution >= 0.6 is 0 Å². The van der Waals surface area contributed by atoms with Gasteiger partial charge in [0.15, 0.2) is 6.10 Å². The minimum Gasteiger partial charge on any atom is -0.462 e. The Balaban J connectivity index is 4.30. The van der Waals surface area contributed by atoms with E-state index >= 15 is 0 Å². The van der Waals surface area contributed by atoms with Crippen molar-refractivity contribution in [2.45, 2.75) is 219 Å². The van der Waals surface area contributed by atoms with Gasteiger partial charge in [-0.3, -0.25) is 14.4 Å². The van der Waals surface area contributed by atoms with Crippen LogP contribution in [0.4, 0.5) is 0 Å². The third-order valence-electron chi connectivity index (χ3n) is 9.51. The summed E-state index contributed by atoms with van der Waals surface area (Å²) in [5.41, 5.74) is 0. The maximum Gasteiger partial charge on any atom is 0.306 e. The number of unbranched alkanes of at least 4 members (excludes halogenated alkanes) is 19. The summed E-state index contributed by atoms with van der Waals surface area (Å²) in [6.45, 7) is 6.40. The molecule has 0 spiro atoms. The van der Waals surface area contributed by atoms with E-state index in [9.17, 15) is 14.4 Å². The van der Waals surface area contributed by atoms with Crippen molar-refractivity contribution in [3.63, 3.8) is 0 Å². The first-order valence-corrected chi connectivity index (χ1v) is 22.8. The first kappa shape index (κ1) is 52.1. The van der Waals surface area contributed by atoms with Crippen LogP contribution in [0.3, 0.4) is 0 Å². The molecule has 6 heteroatoms. The van der Waals surface area contributed by atoms with E-state index < -0.39 is 6.10 Å². The predicted molar refractivity (Wildman–Crippen MR) is 233 cm³/mol. The van der Waals surface area contributed by atoms with Crippen LogP contribution in [0.1, 0.15) is 213 Å². The highest BCUT2D eigenvalue weighted by molar-refractivity contribution is 5.71. The minimum atomic E-state index is -0.787. The highest BCUT2D eigenvalue weighted by Gasteiger charge is 2.19. The van der Waals surface area contributed by atoms with Crippen LogP contribution in [-0.4, -0.2) is 37.2 Å². The molecule has 0 aromatic heterocycles. The maximum atomic E-state index is 12.7. The molecule has 0 saturated heterocycles. The van der Waals surface area contributed by atoms with Crippen molar-refractivity contribution >= 4 is 17.9 Å². The van der Waals surface area contributed by atoms with E-state index in [-0.39, 0.29) is 31.1 Å². The molecule has 0 aromatic carbocycles. The van der Waals surface area contributed by atoms with E-state index in [1.54, 1.807) is 0 Å². The summed E-state index contributed by atoms with van der Waals surface area (Å²) in [7, 11) is 0. The van der Waals surface area contributed by atoms with E-state index in [2.05, 4.69) is 81.5 Å². The van der Waals surface area contributed by atoms with Gasteiger partial charge in [-0.25, -0.2) is 0 Å². The monoisotopic (exact) mass is 769 g/mol. The highest BCUT2D eigenvalue weighted by atomic mass is 16.6. The zero-order valence-electron chi connectivity index (χ0n) is 35.9. The Morgan fingerprint density at radius 3 is 1.15 bits per heavy atom. The average molecular weight is 769 g/mol. The molecule has 55 heavy (non-hydrogen) atoms. The molecule has 1 atom stereocenters. The number of rotatable bonds is 40. The van der Waals surface area contributed by atoms with Crippen LogP contribution in [-0.2, 0) is 28.6 Å². The third kappa shape index (κ3) is 42.1. The molecule has 0 saturated carbocycles. The summed E-state index contributed by atoms with van der Waals surface area (Å²) >= 11 is 0. The molecule has 0 aliphatic carbocycles. The Hall–Kier alpha value is -2.89. The molecule has 0 aliphatic heterocycles. The molecular formula is C49H84O6. The van der Waals surface area contributed by atoms with Gasteiger partial charge >= 0.3 is 17.9 Å². The zero-order valence-corrected chi connectivity index (χ0v) is 35.9. The largest absolute Gasteiger partial charge is 0.462 e. The Kier molecular flexibility index (Phi) is 41.5. The summed E-state index contributed by atoms with van der Waals surface area (Å²) < 4.78 is 16.6. The Morgan fingerprint density at radius 2 is 0.709 bits per heavy atom. The summed E-state index contributed by atoms with van der Waals surface area (Å²) in [4.78, 5) is 37.5. The number of hydrogen-bond acceptors (Lipinski definition) is 6. The Morgan fingerprint density at radius 1 is 0.382 bits per heavy atom. The average Bonchev–Trinajstić information content (AvgIpc) is 3.18. The number of hydrogen-bond donors (Lipinski definition) is 0. The molecule has 0 N–H and O–H groups in total. The van der Waals surface area contributed by atoms with Crippen molar-refractivity contribution in [2.75, 3.05) is 13.2 Å². The summed E-state index contributed by atoms with van der Waals surface area (Å²) in [6, 6.07) is 0. The second-order valence-electron chi connectivity index (χ2n) is 14.9. The maximum absolute atomic E-state index is 12.7. The lowest BCUT2D eigenvalue weighted by atomic mass is 10.1. The van der Waals surface area contributed by atoms with Crippen molar-refractivity contribution in [3.05, 3.63) is 60.8 Å². The molecule has 1 unspecified atom stereocenters. The first-order valence-electron chi connectivity index (χ1n) is 22.8. The topological polar surface area (TPSA) is 78.9 Å². The fourth-order valence-corrected chi connectivity index (χ4v) is 6.07. The first-order chi connectivity index (χ1) is 27.0. The second-order valence-corrected chi connectivity index (χ2v) is 14.9. The lowest BCUT2D eigenvalue weighted by molar-refractivity contribution is -0.167. The van der Waals surface area contributed by atoms with Crippen LogP contribution in [0.2, 0.25) is 0 Å². The van der Waals surface area contributed by atoms with Gasteiger partial charge in [-0.15, -0.1) is 0 Å². The normalized spacial score (nSPS) is 12.6. The van der Waals surface area contributed by atoms with E-state index in [0.717, 1.165) is 96.3 Å². The van der Waals surface area contributed by atoms with Crippen LogP contribution in [0.25, 0.3) is 0 Å². The number of carbonyl (C=O) groups is 3. The van der Waals surface area contributed by atoms with Gasteiger partial charge in [0.1, 0.15) is 13.2 Å². The number of esters is 3. The van der Waals surface area contributed by atoms with Gasteiger partial charge in [-0.1, -0.05) is 171 Å². The lowest BCUT2D eigenvalue weighted by Gasteiger charge is -2.18. The number of allylic oxidation sites excluding steroid dienone is 10. The van der Waals surface area contributed by atoms with E-state index in [1.807, 2.05) is 0 Å². The molecule has 0 aliphatic rings. The van der Waals surface area contributed by atoms with Gasteiger partial charge in [-0.2, -0.15) is 0 Å². The standard InChI is InChI=1S/C49H84O6/c1-4-7-10-13-16-18-20-22-23-24-25-26-28-29-31-33-36-39-42-48(51)54-45-46(44-53-47(50)41-38-35-15-12-9-6-3)55-49(52)43-40-37-34-32-30-27-21-19-17-14-11-8-5-2/h8,11,17-20,23-24,27,30,46H,4-7,9-10,12-16,21-22,25-26,28-29,31-45H2,1-3H3/b11-8-,19-17-,20-18-,24-23-,30-27-. The molecule has 0 bridgehead atoms. The van der Waals surface area contributed by atoms with Crippen molar-refractivity contribution in [1.82, 2.24) is 0 Å². The van der Waals surface area contributed by atoms with Gasteiger partial charge in [0.2, 0.25) is 0 Å². The number of carbonyl (C=O) groups excluding carboxylic acids is 3. The van der Waals surface area contributed by atoms with Gasteiger partial charge in [0.25, 0.3) is 0 Å². The van der Waals surface area contributed by atoms with Gasteiger partial charge in [0.05, 0.1) is 0 Å². The Bertz CT molecular complexity index is 1020. The molecule has 316 valence electrons. The van der Waals surface area contributed by atoms with Crippen molar-refractivity contribution in [1.29, 1.82) is 0 Å². The Labute approximate surface area is 339 Å². The molecule has 0 amide bonds. The van der Waals surface area contributed by atoms with Crippen LogP contribution in [0.5, 0.6) is 0 Å². The molecule has 0 radical (unpaired) electrons. The smallest absolute Gasteiger partial charge is 0.306 e. The third-order valence-corrected chi connectivity index (χ3v) is 9.51. The summed E-state index contributed by atoms with van der Waals surface area (Å²) in [6.07, 6.45) is 52.2. The number of ether oxygens (including phenoxy) is 3. The van der Waals surface area contributed by atoms with Gasteiger partial charge < -0.3 is 14.2 Å². The fraction of sp³-hybridized carbons (Fsp3) is 0.735. The van der Waals surface area contributed by atoms with Crippen LogP contribution in [0, 0.1) is 0 Å². The fourth-order valence-electron chi connectivity index (χ4n) is 6.07. The molecular weight excluding hydrogens is 685 g/mol. The predicted octanol–water partition coefficient (Wildman–Crippen LogP) is 14.5. The molecule has 0 heterocycles. The lowest BCUT2D eigenvalue weighted by Crippen LogP contribution is -2.30. The van der Waals surface area contributed by atoms with Crippen LogP contribution in [0.15, 0.2) is 60.8 Å². The quantitative estimate of drug-likeness (QED) is 0.0267. The van der Waals surface area contributed by atoms with E-state index in [1.165, 1.54) is 77.0 Å².